The largest absolute Gasteiger partial charge is 0.337 e. The van der Waals surface area contributed by atoms with Crippen LogP contribution < -0.4 is 0 Å². The van der Waals surface area contributed by atoms with Gasteiger partial charge in [0.2, 0.25) is 0 Å². The SMILES string of the molecule is O=C(C=Cc1ccc2ccccc2n1)c1ccc(C(=O)N2CCSCC2)cc1. The van der Waals surface area contributed by atoms with Crippen molar-refractivity contribution < 1.29 is 9.59 Å². The number of para-hydroxylation sites is 1. The summed E-state index contributed by atoms with van der Waals surface area (Å²) in [4.78, 5) is 31.4. The zero-order chi connectivity index (χ0) is 19.3. The number of fused-ring (bicyclic) bond motifs is 1. The molecular weight excluding hydrogens is 368 g/mol. The van der Waals surface area contributed by atoms with Gasteiger partial charge < -0.3 is 4.90 Å². The van der Waals surface area contributed by atoms with Crippen LogP contribution >= 0.6 is 11.8 Å². The second-order valence-corrected chi connectivity index (χ2v) is 7.83. The van der Waals surface area contributed by atoms with Crippen molar-refractivity contribution in [1.82, 2.24) is 9.88 Å². The molecule has 0 aliphatic carbocycles. The van der Waals surface area contributed by atoms with E-state index < -0.39 is 0 Å². The highest BCUT2D eigenvalue weighted by Crippen LogP contribution is 2.15. The average Bonchev–Trinajstić information content (AvgIpc) is 2.77. The van der Waals surface area contributed by atoms with E-state index in [0.717, 1.165) is 41.2 Å². The van der Waals surface area contributed by atoms with Gasteiger partial charge in [-0.05, 0) is 36.4 Å². The molecule has 0 N–H and O–H groups in total. The third kappa shape index (κ3) is 4.15. The standard InChI is InChI=1S/C23H20N2O2S/c26-22(12-11-20-10-9-17-3-1-2-4-21(17)24-20)18-5-7-19(8-6-18)23(27)25-13-15-28-16-14-25/h1-12H,13-16H2. The molecule has 1 amide bonds. The molecule has 0 bridgehead atoms. The Hall–Kier alpha value is -2.92. The lowest BCUT2D eigenvalue weighted by atomic mass is 10.1. The second-order valence-electron chi connectivity index (χ2n) is 6.61. The van der Waals surface area contributed by atoms with Gasteiger partial charge in [-0.3, -0.25) is 9.59 Å². The molecule has 2 aromatic carbocycles. The van der Waals surface area contributed by atoms with E-state index in [1.54, 1.807) is 30.3 Å². The third-order valence-electron chi connectivity index (χ3n) is 4.74. The first-order chi connectivity index (χ1) is 13.7. The van der Waals surface area contributed by atoms with Crippen molar-refractivity contribution in [1.29, 1.82) is 0 Å². The van der Waals surface area contributed by atoms with Crippen LogP contribution in [0.25, 0.3) is 17.0 Å². The van der Waals surface area contributed by atoms with E-state index in [9.17, 15) is 9.59 Å². The van der Waals surface area contributed by atoms with Gasteiger partial charge in [-0.15, -0.1) is 0 Å². The lowest BCUT2D eigenvalue weighted by molar-refractivity contribution is 0.0772. The predicted octanol–water partition coefficient (Wildman–Crippen LogP) is 4.32. The summed E-state index contributed by atoms with van der Waals surface area (Å²) in [6, 6.07) is 18.7. The highest BCUT2D eigenvalue weighted by Gasteiger charge is 2.18. The van der Waals surface area contributed by atoms with E-state index in [2.05, 4.69) is 4.98 Å². The molecule has 1 fully saturated rings. The van der Waals surface area contributed by atoms with Crippen molar-refractivity contribution >= 4 is 40.4 Å². The van der Waals surface area contributed by atoms with E-state index in [4.69, 9.17) is 0 Å². The average molecular weight is 388 g/mol. The minimum absolute atomic E-state index is 0.0372. The summed E-state index contributed by atoms with van der Waals surface area (Å²) in [5.74, 6) is 1.89. The molecule has 0 atom stereocenters. The number of hydrogen-bond donors (Lipinski definition) is 0. The maximum atomic E-state index is 12.5. The monoisotopic (exact) mass is 388 g/mol. The normalized spacial score (nSPS) is 14.5. The first kappa shape index (κ1) is 18.4. The number of carbonyl (C=O) groups is 2. The molecule has 0 spiro atoms. The van der Waals surface area contributed by atoms with Crippen LogP contribution in [0.3, 0.4) is 0 Å². The molecule has 1 aliphatic rings. The van der Waals surface area contributed by atoms with Crippen molar-refractivity contribution in [2.24, 2.45) is 0 Å². The number of thioether (sulfide) groups is 1. The summed E-state index contributed by atoms with van der Waals surface area (Å²) in [7, 11) is 0. The summed E-state index contributed by atoms with van der Waals surface area (Å²) in [5.41, 5.74) is 2.82. The maximum absolute atomic E-state index is 12.5. The fourth-order valence-electron chi connectivity index (χ4n) is 3.16. The van der Waals surface area contributed by atoms with Crippen LogP contribution in [0.1, 0.15) is 26.4 Å². The first-order valence-corrected chi connectivity index (χ1v) is 10.4. The van der Waals surface area contributed by atoms with E-state index in [0.29, 0.717) is 11.1 Å². The van der Waals surface area contributed by atoms with Crippen LogP contribution in [-0.4, -0.2) is 46.2 Å². The number of aromatic nitrogens is 1. The first-order valence-electron chi connectivity index (χ1n) is 9.26. The van der Waals surface area contributed by atoms with Crippen LogP contribution in [0, 0.1) is 0 Å². The molecule has 1 aliphatic heterocycles. The number of hydrogen-bond acceptors (Lipinski definition) is 4. The molecule has 28 heavy (non-hydrogen) atoms. The Morgan fingerprint density at radius 3 is 2.39 bits per heavy atom. The molecule has 4 rings (SSSR count). The van der Waals surface area contributed by atoms with Gasteiger partial charge in [0.1, 0.15) is 0 Å². The van der Waals surface area contributed by atoms with Gasteiger partial charge in [0.05, 0.1) is 11.2 Å². The van der Waals surface area contributed by atoms with Crippen LogP contribution in [0.15, 0.2) is 66.7 Å². The number of nitrogens with zero attached hydrogens (tertiary/aromatic N) is 2. The molecule has 0 radical (unpaired) electrons. The van der Waals surface area contributed by atoms with Gasteiger partial charge >= 0.3 is 0 Å². The predicted molar refractivity (Wildman–Crippen MR) is 115 cm³/mol. The summed E-state index contributed by atoms with van der Waals surface area (Å²) in [6.45, 7) is 1.57. The van der Waals surface area contributed by atoms with E-state index in [1.165, 1.54) is 6.08 Å². The van der Waals surface area contributed by atoms with Crippen LogP contribution in [0.4, 0.5) is 0 Å². The van der Waals surface area contributed by atoms with Crippen molar-refractivity contribution in [2.45, 2.75) is 0 Å². The van der Waals surface area contributed by atoms with E-state index in [-0.39, 0.29) is 11.7 Å². The molecule has 1 aromatic heterocycles. The number of amides is 1. The van der Waals surface area contributed by atoms with Crippen LogP contribution in [-0.2, 0) is 0 Å². The smallest absolute Gasteiger partial charge is 0.253 e. The van der Waals surface area contributed by atoms with Crippen molar-refractivity contribution in [2.75, 3.05) is 24.6 Å². The minimum atomic E-state index is -0.108. The summed E-state index contributed by atoms with van der Waals surface area (Å²) in [6.07, 6.45) is 3.25. The zero-order valence-corrected chi connectivity index (χ0v) is 16.2. The summed E-state index contributed by atoms with van der Waals surface area (Å²) < 4.78 is 0. The molecule has 140 valence electrons. The van der Waals surface area contributed by atoms with Gasteiger partial charge in [0, 0.05) is 41.1 Å². The number of ketones is 1. The number of rotatable bonds is 4. The molecule has 1 saturated heterocycles. The number of allylic oxidation sites excluding steroid dienone is 1. The van der Waals surface area contributed by atoms with Crippen LogP contribution in [0.2, 0.25) is 0 Å². The maximum Gasteiger partial charge on any atom is 0.253 e. The Morgan fingerprint density at radius 1 is 0.893 bits per heavy atom. The highest BCUT2D eigenvalue weighted by atomic mass is 32.2. The molecule has 3 aromatic rings. The summed E-state index contributed by atoms with van der Waals surface area (Å²) in [5, 5.41) is 1.07. The lowest BCUT2D eigenvalue weighted by Gasteiger charge is -2.26. The third-order valence-corrected chi connectivity index (χ3v) is 5.68. The van der Waals surface area contributed by atoms with Gasteiger partial charge in [0.25, 0.3) is 5.91 Å². The Kier molecular flexibility index (Phi) is 5.53. The van der Waals surface area contributed by atoms with Crippen molar-refractivity contribution in [3.8, 4) is 0 Å². The van der Waals surface area contributed by atoms with Gasteiger partial charge in [-0.25, -0.2) is 4.98 Å². The number of benzene rings is 2. The fraction of sp³-hybridized carbons (Fsp3) is 0.174. The Bertz CT molecular complexity index is 1040. The molecule has 4 nitrogen and oxygen atoms in total. The molecular formula is C23H20N2O2S. The van der Waals surface area contributed by atoms with E-state index >= 15 is 0 Å². The highest BCUT2D eigenvalue weighted by molar-refractivity contribution is 7.99. The van der Waals surface area contributed by atoms with Crippen molar-refractivity contribution in [3.63, 3.8) is 0 Å². The Morgan fingerprint density at radius 2 is 1.61 bits per heavy atom. The van der Waals surface area contributed by atoms with Crippen LogP contribution in [0.5, 0.6) is 0 Å². The van der Waals surface area contributed by atoms with Crippen molar-refractivity contribution in [3.05, 3.63) is 83.6 Å². The lowest BCUT2D eigenvalue weighted by Crippen LogP contribution is -2.37. The van der Waals surface area contributed by atoms with E-state index in [1.807, 2.05) is 53.1 Å². The molecule has 2 heterocycles. The molecule has 0 saturated carbocycles. The molecule has 5 heteroatoms. The second kappa shape index (κ2) is 8.40. The number of carbonyl (C=O) groups excluding carboxylic acids is 2. The van der Waals surface area contributed by atoms with Gasteiger partial charge in [0.15, 0.2) is 5.78 Å². The fourth-order valence-corrected chi connectivity index (χ4v) is 4.06. The Labute approximate surface area is 168 Å². The topological polar surface area (TPSA) is 50.3 Å². The minimum Gasteiger partial charge on any atom is -0.337 e. The zero-order valence-electron chi connectivity index (χ0n) is 15.4. The Balaban J connectivity index is 1.45. The summed E-state index contributed by atoms with van der Waals surface area (Å²) >= 11 is 1.87. The molecule has 0 unspecified atom stereocenters. The van der Waals surface area contributed by atoms with Gasteiger partial charge in [-0.1, -0.05) is 36.4 Å². The quantitative estimate of drug-likeness (QED) is 0.493. The van der Waals surface area contributed by atoms with Gasteiger partial charge in [-0.2, -0.15) is 11.8 Å². The number of pyridine rings is 1.